The number of pyridine rings is 1. The summed E-state index contributed by atoms with van der Waals surface area (Å²) in [7, 11) is 0. The highest BCUT2D eigenvalue weighted by atomic mass is 16.5. The number of aliphatic hydroxyl groups excluding tert-OH is 1. The fourth-order valence-electron chi connectivity index (χ4n) is 2.59. The number of hydrogen-bond donors (Lipinski definition) is 2. The van der Waals surface area contributed by atoms with Gasteiger partial charge in [0, 0.05) is 17.7 Å². The number of carbonyl (C=O) groups excluding carboxylic acids is 1. The number of rotatable bonds is 8. The lowest BCUT2D eigenvalue weighted by molar-refractivity contribution is 0.0893. The van der Waals surface area contributed by atoms with Crippen LogP contribution in [0, 0.1) is 5.92 Å². The van der Waals surface area contributed by atoms with Gasteiger partial charge in [0.25, 0.3) is 5.91 Å². The monoisotopic (exact) mass is 318 g/mol. The molecule has 2 saturated carbocycles. The molecule has 23 heavy (non-hydrogen) atoms. The lowest BCUT2D eigenvalue weighted by atomic mass is 10.0. The quantitative estimate of drug-likeness (QED) is 0.773. The Hall–Kier alpha value is -1.62. The van der Waals surface area contributed by atoms with Crippen molar-refractivity contribution in [3.05, 3.63) is 23.4 Å². The Morgan fingerprint density at radius 1 is 1.35 bits per heavy atom. The summed E-state index contributed by atoms with van der Waals surface area (Å²) in [5.74, 6) is 1.61. The molecule has 5 nitrogen and oxygen atoms in total. The number of aromatic nitrogens is 1. The second kappa shape index (κ2) is 6.48. The predicted molar refractivity (Wildman–Crippen MR) is 87.7 cm³/mol. The minimum absolute atomic E-state index is 0.0388. The van der Waals surface area contributed by atoms with Crippen molar-refractivity contribution in [1.29, 1.82) is 0 Å². The molecule has 1 heterocycles. The van der Waals surface area contributed by atoms with Crippen molar-refractivity contribution in [2.45, 2.75) is 57.4 Å². The number of carbonyl (C=O) groups is 1. The molecule has 2 fully saturated rings. The van der Waals surface area contributed by atoms with Crippen molar-refractivity contribution in [2.24, 2.45) is 5.92 Å². The number of hydrogen-bond acceptors (Lipinski definition) is 4. The predicted octanol–water partition coefficient (Wildman–Crippen LogP) is 2.64. The van der Waals surface area contributed by atoms with Gasteiger partial charge in [-0.25, -0.2) is 4.98 Å². The normalized spacial score (nSPS) is 17.9. The Morgan fingerprint density at radius 2 is 2.09 bits per heavy atom. The third-order valence-corrected chi connectivity index (χ3v) is 4.48. The van der Waals surface area contributed by atoms with E-state index in [1.54, 1.807) is 6.07 Å². The highest BCUT2D eigenvalue weighted by Crippen LogP contribution is 2.44. The zero-order valence-electron chi connectivity index (χ0n) is 14.0. The Labute approximate surface area is 137 Å². The van der Waals surface area contributed by atoms with Crippen molar-refractivity contribution < 1.29 is 14.6 Å². The molecule has 0 bridgehead atoms. The molecule has 0 radical (unpaired) electrons. The van der Waals surface area contributed by atoms with Crippen LogP contribution in [-0.4, -0.2) is 34.8 Å². The minimum atomic E-state index is -0.461. The summed E-state index contributed by atoms with van der Waals surface area (Å²) in [4.78, 5) is 16.9. The molecular weight excluding hydrogens is 292 g/mol. The molecule has 0 saturated heterocycles. The van der Waals surface area contributed by atoms with E-state index in [0.717, 1.165) is 5.56 Å². The molecule has 1 aromatic heterocycles. The van der Waals surface area contributed by atoms with Crippen molar-refractivity contribution in [3.63, 3.8) is 0 Å². The molecule has 1 aromatic rings. The van der Waals surface area contributed by atoms with Gasteiger partial charge in [0.05, 0.1) is 6.61 Å². The van der Waals surface area contributed by atoms with Crippen LogP contribution in [0.2, 0.25) is 0 Å². The zero-order chi connectivity index (χ0) is 16.4. The molecule has 0 spiro atoms. The Morgan fingerprint density at radius 3 is 2.70 bits per heavy atom. The van der Waals surface area contributed by atoms with Crippen molar-refractivity contribution in [3.8, 4) is 5.88 Å². The fraction of sp³-hybridized carbons (Fsp3) is 0.667. The first-order chi connectivity index (χ1) is 11.0. The van der Waals surface area contributed by atoms with Crippen LogP contribution in [0.15, 0.2) is 12.1 Å². The first kappa shape index (κ1) is 16.2. The molecule has 0 aromatic carbocycles. The second-order valence-electron chi connectivity index (χ2n) is 7.43. The smallest absolute Gasteiger partial charge is 0.270 e. The van der Waals surface area contributed by atoms with Gasteiger partial charge in [-0.05, 0) is 63.9 Å². The second-order valence-corrected chi connectivity index (χ2v) is 7.43. The van der Waals surface area contributed by atoms with Gasteiger partial charge >= 0.3 is 0 Å². The third kappa shape index (κ3) is 4.44. The first-order valence-corrected chi connectivity index (χ1v) is 8.55. The zero-order valence-corrected chi connectivity index (χ0v) is 14.0. The van der Waals surface area contributed by atoms with Crippen LogP contribution in [0.1, 0.15) is 67.9 Å². The molecule has 2 aliphatic carbocycles. The maximum atomic E-state index is 12.4. The molecule has 1 amide bonds. The van der Waals surface area contributed by atoms with Crippen molar-refractivity contribution >= 4 is 5.91 Å². The molecule has 126 valence electrons. The van der Waals surface area contributed by atoms with E-state index in [1.807, 2.05) is 19.9 Å². The largest absolute Gasteiger partial charge is 0.477 e. The van der Waals surface area contributed by atoms with E-state index in [9.17, 15) is 4.79 Å². The molecule has 3 rings (SSSR count). The summed E-state index contributed by atoms with van der Waals surface area (Å²) in [5.41, 5.74) is 1.06. The highest BCUT2D eigenvalue weighted by molar-refractivity contribution is 5.93. The highest BCUT2D eigenvalue weighted by Gasteiger charge is 2.30. The van der Waals surface area contributed by atoms with E-state index in [0.29, 0.717) is 36.4 Å². The minimum Gasteiger partial charge on any atom is -0.477 e. The van der Waals surface area contributed by atoms with Crippen LogP contribution < -0.4 is 10.1 Å². The number of aliphatic hydroxyl groups is 1. The van der Waals surface area contributed by atoms with Gasteiger partial charge in [-0.3, -0.25) is 4.79 Å². The van der Waals surface area contributed by atoms with E-state index >= 15 is 0 Å². The van der Waals surface area contributed by atoms with E-state index in [4.69, 9.17) is 9.84 Å². The van der Waals surface area contributed by atoms with Gasteiger partial charge in [-0.2, -0.15) is 0 Å². The average molecular weight is 318 g/mol. The Balaban J connectivity index is 1.73. The van der Waals surface area contributed by atoms with Crippen LogP contribution in [-0.2, 0) is 0 Å². The van der Waals surface area contributed by atoms with Gasteiger partial charge in [0.15, 0.2) is 0 Å². The maximum Gasteiger partial charge on any atom is 0.270 e. The topological polar surface area (TPSA) is 71.5 Å². The van der Waals surface area contributed by atoms with E-state index in [2.05, 4.69) is 10.3 Å². The Kier molecular flexibility index (Phi) is 4.57. The number of ether oxygens (including phenoxy) is 1. The third-order valence-electron chi connectivity index (χ3n) is 4.48. The average Bonchev–Trinajstić information content (AvgIpc) is 3.37. The van der Waals surface area contributed by atoms with Gasteiger partial charge in [-0.1, -0.05) is 6.07 Å². The SMILES string of the molecule is CC(C)(CCO)NC(=O)c1ccc(C2CC2)c(OCC2CC2)n1. The summed E-state index contributed by atoms with van der Waals surface area (Å²) < 4.78 is 5.90. The molecular formula is C18H26N2O3. The molecule has 0 unspecified atom stereocenters. The lowest BCUT2D eigenvalue weighted by Crippen LogP contribution is -2.44. The summed E-state index contributed by atoms with van der Waals surface area (Å²) in [6.45, 7) is 4.53. The molecule has 5 heteroatoms. The molecule has 0 atom stereocenters. The number of nitrogens with one attached hydrogen (secondary N) is 1. The van der Waals surface area contributed by atoms with Crippen LogP contribution in [0.5, 0.6) is 5.88 Å². The lowest BCUT2D eigenvalue weighted by Gasteiger charge is -2.25. The summed E-state index contributed by atoms with van der Waals surface area (Å²) in [6, 6.07) is 3.77. The first-order valence-electron chi connectivity index (χ1n) is 8.55. The Bertz CT molecular complexity index is 578. The van der Waals surface area contributed by atoms with Gasteiger partial charge in [0.1, 0.15) is 5.69 Å². The van der Waals surface area contributed by atoms with Crippen LogP contribution in [0.4, 0.5) is 0 Å². The van der Waals surface area contributed by atoms with Crippen LogP contribution in [0.25, 0.3) is 0 Å². The fourth-order valence-corrected chi connectivity index (χ4v) is 2.59. The maximum absolute atomic E-state index is 12.4. The summed E-state index contributed by atoms with van der Waals surface area (Å²) >= 11 is 0. The van der Waals surface area contributed by atoms with E-state index < -0.39 is 5.54 Å². The van der Waals surface area contributed by atoms with Gasteiger partial charge in [0.2, 0.25) is 5.88 Å². The van der Waals surface area contributed by atoms with E-state index in [-0.39, 0.29) is 12.5 Å². The molecule has 2 aliphatic rings. The summed E-state index contributed by atoms with van der Waals surface area (Å²) in [6.07, 6.45) is 5.32. The van der Waals surface area contributed by atoms with Crippen LogP contribution >= 0.6 is 0 Å². The van der Waals surface area contributed by atoms with Crippen LogP contribution in [0.3, 0.4) is 0 Å². The molecule has 0 aliphatic heterocycles. The van der Waals surface area contributed by atoms with E-state index in [1.165, 1.54) is 25.7 Å². The van der Waals surface area contributed by atoms with Gasteiger partial charge < -0.3 is 15.2 Å². The summed E-state index contributed by atoms with van der Waals surface area (Å²) in [5, 5.41) is 12.0. The van der Waals surface area contributed by atoms with Crippen molar-refractivity contribution in [2.75, 3.05) is 13.2 Å². The number of amides is 1. The van der Waals surface area contributed by atoms with Gasteiger partial charge in [-0.15, -0.1) is 0 Å². The standard InChI is InChI=1S/C18H26N2O3/c1-18(2,9-10-21)20-16(22)15-8-7-14(13-5-6-13)17(19-15)23-11-12-3-4-12/h7-8,12-13,21H,3-6,9-11H2,1-2H3,(H,20,22). The van der Waals surface area contributed by atoms with Crippen molar-refractivity contribution in [1.82, 2.24) is 10.3 Å². The number of nitrogens with zero attached hydrogens (tertiary/aromatic N) is 1. The molecule has 2 N–H and O–H groups in total.